The fourth-order valence-electron chi connectivity index (χ4n) is 2.60. The van der Waals surface area contributed by atoms with Crippen molar-refractivity contribution in [3.63, 3.8) is 0 Å². The number of carbonyl (C=O) groups is 2. The van der Waals surface area contributed by atoms with Crippen LogP contribution in [0.25, 0.3) is 0 Å². The summed E-state index contributed by atoms with van der Waals surface area (Å²) in [5, 5.41) is 0. The number of hydrogen-bond acceptors (Lipinski definition) is 6. The number of unbranched alkanes of at least 4 members (excludes halogenated alkanes) is 2. The summed E-state index contributed by atoms with van der Waals surface area (Å²) in [5.74, 6) is -1.16. The zero-order valence-corrected chi connectivity index (χ0v) is 18.0. The molecule has 6 heteroatoms. The molecule has 1 saturated heterocycles. The van der Waals surface area contributed by atoms with E-state index in [0.717, 1.165) is 44.1 Å². The maximum atomic E-state index is 12.4. The lowest BCUT2D eigenvalue weighted by molar-refractivity contribution is -0.163. The molecular weight excluding hydrogens is 360 g/mol. The van der Waals surface area contributed by atoms with E-state index >= 15 is 0 Å². The molecule has 0 saturated carbocycles. The summed E-state index contributed by atoms with van der Waals surface area (Å²) in [6.45, 7) is 10.7. The molecule has 1 aliphatic rings. The van der Waals surface area contributed by atoms with E-state index in [-0.39, 0.29) is 0 Å². The fourth-order valence-corrected chi connectivity index (χ4v) is 2.60. The monoisotopic (exact) mass is 396 g/mol. The smallest absolute Gasteiger partial charge is 0.338 e. The average molecular weight is 397 g/mol. The normalized spacial score (nSPS) is 22.0. The van der Waals surface area contributed by atoms with Gasteiger partial charge in [-0.2, -0.15) is 0 Å². The second-order valence-electron chi connectivity index (χ2n) is 7.36. The first-order valence-electron chi connectivity index (χ1n) is 10.3. The zero-order chi connectivity index (χ0) is 20.9. The summed E-state index contributed by atoms with van der Waals surface area (Å²) in [6.07, 6.45) is 6.13. The van der Waals surface area contributed by atoms with Crippen molar-refractivity contribution in [2.45, 2.75) is 91.6 Å². The molecule has 1 fully saturated rings. The second-order valence-corrected chi connectivity index (χ2v) is 7.36. The Hall–Kier alpha value is -1.66. The van der Waals surface area contributed by atoms with Crippen molar-refractivity contribution in [2.24, 2.45) is 0 Å². The number of hydrogen-bond donors (Lipinski definition) is 0. The van der Waals surface area contributed by atoms with Gasteiger partial charge in [-0.05, 0) is 52.5 Å². The lowest BCUT2D eigenvalue weighted by atomic mass is 10.1. The third-order valence-corrected chi connectivity index (χ3v) is 4.30. The molecule has 0 aromatic heterocycles. The molecule has 1 aliphatic heterocycles. The summed E-state index contributed by atoms with van der Waals surface area (Å²) in [6, 6.07) is 0. The molecule has 0 amide bonds. The minimum Gasteiger partial charge on any atom is -0.464 e. The van der Waals surface area contributed by atoms with E-state index in [0.29, 0.717) is 13.2 Å². The van der Waals surface area contributed by atoms with E-state index in [1.165, 1.54) is 5.57 Å². The molecule has 0 N–H and O–H groups in total. The molecule has 1 rings (SSSR count). The zero-order valence-electron chi connectivity index (χ0n) is 18.0. The van der Waals surface area contributed by atoms with Gasteiger partial charge in [0, 0.05) is 0 Å². The topological polar surface area (TPSA) is 71.1 Å². The quantitative estimate of drug-likeness (QED) is 0.275. The van der Waals surface area contributed by atoms with Gasteiger partial charge >= 0.3 is 11.9 Å². The summed E-state index contributed by atoms with van der Waals surface area (Å²) >= 11 is 0. The van der Waals surface area contributed by atoms with Crippen LogP contribution in [0.5, 0.6) is 0 Å². The Morgan fingerprint density at radius 2 is 1.39 bits per heavy atom. The maximum Gasteiger partial charge on any atom is 0.338 e. The average Bonchev–Trinajstić information content (AvgIpc) is 3.05. The van der Waals surface area contributed by atoms with E-state index < -0.39 is 30.4 Å². The molecule has 1 heterocycles. The van der Waals surface area contributed by atoms with Crippen LogP contribution in [0.1, 0.15) is 73.1 Å². The SMILES string of the molecule is CCCCOC(=O)C1OC(C=C(C)CCC=C(C)C)OC1C(=O)OCCCC. The van der Waals surface area contributed by atoms with E-state index in [2.05, 4.69) is 19.9 Å². The molecule has 2 unspecified atom stereocenters. The van der Waals surface area contributed by atoms with Gasteiger partial charge < -0.3 is 18.9 Å². The van der Waals surface area contributed by atoms with E-state index in [9.17, 15) is 9.59 Å². The van der Waals surface area contributed by atoms with Crippen LogP contribution in [0.15, 0.2) is 23.3 Å². The van der Waals surface area contributed by atoms with Crippen molar-refractivity contribution in [2.75, 3.05) is 13.2 Å². The van der Waals surface area contributed by atoms with Crippen LogP contribution in [0.2, 0.25) is 0 Å². The Labute approximate surface area is 169 Å². The molecule has 0 aliphatic carbocycles. The van der Waals surface area contributed by atoms with Gasteiger partial charge in [0.15, 0.2) is 18.5 Å². The summed E-state index contributed by atoms with van der Waals surface area (Å²) < 4.78 is 21.9. The minimum absolute atomic E-state index is 0.301. The molecule has 0 bridgehead atoms. The summed E-state index contributed by atoms with van der Waals surface area (Å²) in [4.78, 5) is 24.8. The van der Waals surface area contributed by atoms with Crippen LogP contribution in [-0.4, -0.2) is 43.7 Å². The van der Waals surface area contributed by atoms with Crippen LogP contribution >= 0.6 is 0 Å². The maximum absolute atomic E-state index is 12.4. The number of allylic oxidation sites excluding steroid dienone is 3. The van der Waals surface area contributed by atoms with Gasteiger partial charge in [-0.25, -0.2) is 9.59 Å². The first-order chi connectivity index (χ1) is 13.4. The Morgan fingerprint density at radius 1 is 0.893 bits per heavy atom. The molecule has 0 spiro atoms. The molecule has 6 nitrogen and oxygen atoms in total. The van der Waals surface area contributed by atoms with Crippen LogP contribution < -0.4 is 0 Å². The fraction of sp³-hybridized carbons (Fsp3) is 0.727. The number of ether oxygens (including phenoxy) is 4. The highest BCUT2D eigenvalue weighted by Gasteiger charge is 2.46. The second kappa shape index (κ2) is 13.5. The largest absolute Gasteiger partial charge is 0.464 e. The minimum atomic E-state index is -1.10. The highest BCUT2D eigenvalue weighted by atomic mass is 16.8. The van der Waals surface area contributed by atoms with Crippen LogP contribution in [-0.2, 0) is 28.5 Å². The highest BCUT2D eigenvalue weighted by Crippen LogP contribution is 2.24. The van der Waals surface area contributed by atoms with Gasteiger partial charge in [-0.3, -0.25) is 0 Å². The molecule has 2 atom stereocenters. The third kappa shape index (κ3) is 9.02. The Morgan fingerprint density at radius 3 is 1.82 bits per heavy atom. The lowest BCUT2D eigenvalue weighted by Crippen LogP contribution is -2.39. The standard InChI is InChI=1S/C22H36O6/c1-6-8-13-25-21(23)19-20(22(24)26-14-9-7-2)28-18(27-19)15-17(5)12-10-11-16(3)4/h11,15,18-20H,6-10,12-14H2,1-5H3. The Balaban J connectivity index is 2.75. The van der Waals surface area contributed by atoms with E-state index in [1.54, 1.807) is 0 Å². The Kier molecular flexibility index (Phi) is 11.8. The van der Waals surface area contributed by atoms with Gasteiger partial charge in [-0.1, -0.05) is 43.9 Å². The van der Waals surface area contributed by atoms with E-state index in [1.807, 2.05) is 26.8 Å². The van der Waals surface area contributed by atoms with Gasteiger partial charge in [-0.15, -0.1) is 0 Å². The van der Waals surface area contributed by atoms with Crippen molar-refractivity contribution in [3.05, 3.63) is 23.3 Å². The van der Waals surface area contributed by atoms with Crippen LogP contribution in [0.4, 0.5) is 0 Å². The van der Waals surface area contributed by atoms with Crippen LogP contribution in [0, 0.1) is 0 Å². The van der Waals surface area contributed by atoms with Crippen molar-refractivity contribution in [3.8, 4) is 0 Å². The highest BCUT2D eigenvalue weighted by molar-refractivity contribution is 5.86. The molecule has 0 radical (unpaired) electrons. The molecular formula is C22H36O6. The van der Waals surface area contributed by atoms with Crippen molar-refractivity contribution in [1.82, 2.24) is 0 Å². The Bertz CT molecular complexity index is 517. The van der Waals surface area contributed by atoms with Gasteiger partial charge in [0.1, 0.15) is 0 Å². The number of rotatable bonds is 12. The van der Waals surface area contributed by atoms with Crippen molar-refractivity contribution in [1.29, 1.82) is 0 Å². The molecule has 0 aromatic carbocycles. The van der Waals surface area contributed by atoms with Crippen molar-refractivity contribution < 1.29 is 28.5 Å². The van der Waals surface area contributed by atoms with Gasteiger partial charge in [0.05, 0.1) is 13.2 Å². The predicted octanol–water partition coefficient (Wildman–Crippen LogP) is 4.48. The molecule has 28 heavy (non-hydrogen) atoms. The number of esters is 2. The van der Waals surface area contributed by atoms with Crippen molar-refractivity contribution >= 4 is 11.9 Å². The number of carbonyl (C=O) groups excluding carboxylic acids is 2. The first-order valence-corrected chi connectivity index (χ1v) is 10.3. The lowest BCUT2D eigenvalue weighted by Gasteiger charge is -2.14. The first kappa shape index (κ1) is 24.4. The summed E-state index contributed by atoms with van der Waals surface area (Å²) in [7, 11) is 0. The van der Waals surface area contributed by atoms with Crippen LogP contribution in [0.3, 0.4) is 0 Å². The predicted molar refractivity (Wildman–Crippen MR) is 108 cm³/mol. The molecule has 160 valence electrons. The van der Waals surface area contributed by atoms with Gasteiger partial charge in [0.2, 0.25) is 0 Å². The summed E-state index contributed by atoms with van der Waals surface area (Å²) in [5.41, 5.74) is 2.34. The van der Waals surface area contributed by atoms with Gasteiger partial charge in [0.25, 0.3) is 0 Å². The third-order valence-electron chi connectivity index (χ3n) is 4.30. The van der Waals surface area contributed by atoms with E-state index in [4.69, 9.17) is 18.9 Å². The molecule has 0 aromatic rings.